The highest BCUT2D eigenvalue weighted by molar-refractivity contribution is 5.94. The van der Waals surface area contributed by atoms with Gasteiger partial charge >= 0.3 is 0 Å². The Bertz CT molecular complexity index is 1100. The first-order valence-electron chi connectivity index (χ1n) is 11.4. The molecule has 1 N–H and O–H groups in total. The Hall–Kier alpha value is -3.06. The molecule has 7 nitrogen and oxygen atoms in total. The molecule has 2 aromatic heterocycles. The Kier molecular flexibility index (Phi) is 5.74. The zero-order valence-corrected chi connectivity index (χ0v) is 18.8. The number of nitrogens with zero attached hydrogens (tertiary/aromatic N) is 3. The van der Waals surface area contributed by atoms with Gasteiger partial charge in [-0.15, -0.1) is 0 Å². The number of nitrogens with one attached hydrogen (secondary N) is 1. The lowest BCUT2D eigenvalue weighted by atomic mass is 10.0. The van der Waals surface area contributed by atoms with Crippen molar-refractivity contribution in [2.45, 2.75) is 58.3 Å². The molecule has 0 spiro atoms. The predicted octanol–water partition coefficient (Wildman–Crippen LogP) is 3.49. The van der Waals surface area contributed by atoms with Gasteiger partial charge in [0, 0.05) is 43.4 Å². The van der Waals surface area contributed by atoms with Crippen molar-refractivity contribution in [2.24, 2.45) is 0 Å². The Balaban J connectivity index is 1.35. The predicted molar refractivity (Wildman–Crippen MR) is 121 cm³/mol. The molecule has 1 aromatic carbocycles. The molecule has 0 bridgehead atoms. The number of amides is 1. The van der Waals surface area contributed by atoms with Gasteiger partial charge in [-0.25, -0.2) is 0 Å². The van der Waals surface area contributed by atoms with Crippen LogP contribution in [0.5, 0.6) is 5.75 Å². The average Bonchev–Trinajstić information content (AvgIpc) is 3.41. The van der Waals surface area contributed by atoms with Gasteiger partial charge in [-0.1, -0.05) is 12.1 Å². The first kappa shape index (κ1) is 20.8. The van der Waals surface area contributed by atoms with Gasteiger partial charge in [-0.2, -0.15) is 5.10 Å². The molecule has 0 unspecified atom stereocenters. The first-order valence-corrected chi connectivity index (χ1v) is 11.4. The minimum Gasteiger partial charge on any atom is -0.497 e. The van der Waals surface area contributed by atoms with Gasteiger partial charge < -0.3 is 14.5 Å². The number of carbonyl (C=O) groups excluding carboxylic acids is 1. The molecule has 7 heteroatoms. The summed E-state index contributed by atoms with van der Waals surface area (Å²) in [6, 6.07) is 12.5. The fourth-order valence-corrected chi connectivity index (χ4v) is 4.35. The summed E-state index contributed by atoms with van der Waals surface area (Å²) in [5.41, 5.74) is 4.06. The molecular formula is C25H30N4O3. The van der Waals surface area contributed by atoms with Crippen molar-refractivity contribution < 1.29 is 13.9 Å². The smallest absolute Gasteiger partial charge is 0.272 e. The zero-order chi connectivity index (χ0) is 22.1. The number of fused-ring (bicyclic) bond motifs is 1. The van der Waals surface area contributed by atoms with Crippen LogP contribution in [-0.4, -0.2) is 40.3 Å². The number of aryl methyl sites for hydroxylation is 3. The second-order valence-corrected chi connectivity index (χ2v) is 8.82. The standard InChI is InChI=1S/C25H30N4O3/c1-17-3-8-21(32-17)15-28-13-12-23-22(16-28)24(25(30)26-19-6-7-19)27-29(23)14-11-18-4-9-20(31-2)10-5-18/h3-5,8-10,19H,6-7,11-16H2,1-2H3,(H,26,30). The maximum Gasteiger partial charge on any atom is 0.272 e. The number of furan rings is 1. The van der Waals surface area contributed by atoms with Crippen LogP contribution in [-0.2, 0) is 32.5 Å². The van der Waals surface area contributed by atoms with Crippen LogP contribution in [0.1, 0.15) is 51.7 Å². The first-order chi connectivity index (χ1) is 15.6. The van der Waals surface area contributed by atoms with E-state index in [2.05, 4.69) is 27.0 Å². The molecule has 0 radical (unpaired) electrons. The summed E-state index contributed by atoms with van der Waals surface area (Å²) in [6.07, 6.45) is 3.87. The lowest BCUT2D eigenvalue weighted by molar-refractivity contribution is 0.0942. The third kappa shape index (κ3) is 4.58. The number of benzene rings is 1. The normalized spacial score (nSPS) is 16.1. The monoisotopic (exact) mass is 434 g/mol. The van der Waals surface area contributed by atoms with E-state index >= 15 is 0 Å². The number of hydrogen-bond donors (Lipinski definition) is 1. The average molecular weight is 435 g/mol. The van der Waals surface area contributed by atoms with Crippen molar-refractivity contribution in [3.05, 3.63) is 70.4 Å². The van der Waals surface area contributed by atoms with Gasteiger partial charge in [-0.05, 0) is 56.0 Å². The summed E-state index contributed by atoms with van der Waals surface area (Å²) in [5, 5.41) is 7.92. The van der Waals surface area contributed by atoms with Crippen LogP contribution in [0.2, 0.25) is 0 Å². The van der Waals surface area contributed by atoms with Gasteiger partial charge in [0.05, 0.1) is 13.7 Å². The molecule has 1 fully saturated rings. The van der Waals surface area contributed by atoms with Crippen LogP contribution in [0.3, 0.4) is 0 Å². The molecule has 0 atom stereocenters. The summed E-state index contributed by atoms with van der Waals surface area (Å²) in [6.45, 7) is 5.09. The van der Waals surface area contributed by atoms with E-state index in [-0.39, 0.29) is 5.91 Å². The van der Waals surface area contributed by atoms with Crippen molar-refractivity contribution in [1.82, 2.24) is 20.0 Å². The SMILES string of the molecule is COc1ccc(CCn2nc(C(=O)NC3CC3)c3c2CCN(Cc2ccc(C)o2)C3)cc1. The summed E-state index contributed by atoms with van der Waals surface area (Å²) < 4.78 is 13.1. The highest BCUT2D eigenvalue weighted by atomic mass is 16.5. The Morgan fingerprint density at radius 1 is 1.22 bits per heavy atom. The second-order valence-electron chi connectivity index (χ2n) is 8.82. The van der Waals surface area contributed by atoms with Crippen molar-refractivity contribution in [3.63, 3.8) is 0 Å². The van der Waals surface area contributed by atoms with Gasteiger partial charge in [0.25, 0.3) is 5.91 Å². The molecule has 0 saturated heterocycles. The number of aromatic nitrogens is 2. The largest absolute Gasteiger partial charge is 0.497 e. The van der Waals surface area contributed by atoms with E-state index in [1.54, 1.807) is 7.11 Å². The summed E-state index contributed by atoms with van der Waals surface area (Å²) in [7, 11) is 1.68. The van der Waals surface area contributed by atoms with Crippen LogP contribution >= 0.6 is 0 Å². The molecule has 2 aliphatic rings. The van der Waals surface area contributed by atoms with Gasteiger partial charge in [-0.3, -0.25) is 14.4 Å². The van der Waals surface area contributed by atoms with Crippen molar-refractivity contribution in [2.75, 3.05) is 13.7 Å². The van der Waals surface area contributed by atoms with Crippen molar-refractivity contribution in [1.29, 1.82) is 0 Å². The number of hydrogen-bond acceptors (Lipinski definition) is 5. The van der Waals surface area contributed by atoms with Gasteiger partial charge in [0.1, 0.15) is 17.3 Å². The lowest BCUT2D eigenvalue weighted by Gasteiger charge is -2.27. The number of rotatable bonds is 8. The van der Waals surface area contributed by atoms with E-state index in [1.807, 2.05) is 31.2 Å². The summed E-state index contributed by atoms with van der Waals surface area (Å²) in [4.78, 5) is 15.3. The van der Waals surface area contributed by atoms with Crippen LogP contribution in [0, 0.1) is 6.92 Å². The van der Waals surface area contributed by atoms with Gasteiger partial charge in [0.2, 0.25) is 0 Å². The Morgan fingerprint density at radius 2 is 2.03 bits per heavy atom. The zero-order valence-electron chi connectivity index (χ0n) is 18.8. The number of ether oxygens (including phenoxy) is 1. The lowest BCUT2D eigenvalue weighted by Crippen LogP contribution is -2.32. The van der Waals surface area contributed by atoms with E-state index in [0.717, 1.165) is 68.2 Å². The molecule has 168 valence electrons. The summed E-state index contributed by atoms with van der Waals surface area (Å²) >= 11 is 0. The Labute approximate surface area is 188 Å². The fraction of sp³-hybridized carbons (Fsp3) is 0.440. The fourth-order valence-electron chi connectivity index (χ4n) is 4.35. The van der Waals surface area contributed by atoms with E-state index in [4.69, 9.17) is 14.3 Å². The molecule has 32 heavy (non-hydrogen) atoms. The van der Waals surface area contributed by atoms with E-state index in [1.165, 1.54) is 11.3 Å². The highest BCUT2D eigenvalue weighted by Gasteiger charge is 2.31. The van der Waals surface area contributed by atoms with E-state index in [0.29, 0.717) is 18.3 Å². The maximum atomic E-state index is 13.0. The minimum atomic E-state index is -0.0392. The third-order valence-electron chi connectivity index (χ3n) is 6.29. The second kappa shape index (κ2) is 8.82. The van der Waals surface area contributed by atoms with Crippen LogP contribution in [0.15, 0.2) is 40.8 Å². The van der Waals surface area contributed by atoms with Crippen LogP contribution in [0.4, 0.5) is 0 Å². The van der Waals surface area contributed by atoms with E-state index < -0.39 is 0 Å². The number of carbonyl (C=O) groups is 1. The Morgan fingerprint density at radius 3 is 2.72 bits per heavy atom. The minimum absolute atomic E-state index is 0.0392. The molecule has 1 aliphatic carbocycles. The molecular weight excluding hydrogens is 404 g/mol. The topological polar surface area (TPSA) is 72.5 Å². The van der Waals surface area contributed by atoms with E-state index in [9.17, 15) is 4.79 Å². The van der Waals surface area contributed by atoms with Crippen LogP contribution < -0.4 is 10.1 Å². The molecule has 1 amide bonds. The molecule has 3 aromatic rings. The molecule has 3 heterocycles. The maximum absolute atomic E-state index is 13.0. The molecule has 1 aliphatic heterocycles. The van der Waals surface area contributed by atoms with Crippen LogP contribution in [0.25, 0.3) is 0 Å². The summed E-state index contributed by atoms with van der Waals surface area (Å²) in [5.74, 6) is 2.70. The van der Waals surface area contributed by atoms with Crippen molar-refractivity contribution >= 4 is 5.91 Å². The quantitative estimate of drug-likeness (QED) is 0.588. The number of methoxy groups -OCH3 is 1. The van der Waals surface area contributed by atoms with Gasteiger partial charge in [0.15, 0.2) is 5.69 Å². The highest BCUT2D eigenvalue weighted by Crippen LogP contribution is 2.26. The molecule has 5 rings (SSSR count). The van der Waals surface area contributed by atoms with Crippen molar-refractivity contribution in [3.8, 4) is 5.75 Å². The molecule has 1 saturated carbocycles. The third-order valence-corrected chi connectivity index (χ3v) is 6.29.